The van der Waals surface area contributed by atoms with E-state index < -0.39 is 11.9 Å². The second kappa shape index (κ2) is 5.02. The van der Waals surface area contributed by atoms with Crippen molar-refractivity contribution in [2.75, 3.05) is 31.1 Å². The van der Waals surface area contributed by atoms with Gasteiger partial charge in [0.1, 0.15) is 5.69 Å². The molecule has 7 nitrogen and oxygen atoms in total. The third-order valence-corrected chi connectivity index (χ3v) is 3.20. The molecule has 1 aliphatic heterocycles. The van der Waals surface area contributed by atoms with E-state index in [-0.39, 0.29) is 11.6 Å². The Morgan fingerprint density at radius 3 is 2.62 bits per heavy atom. The molecule has 1 saturated heterocycles. The topological polar surface area (TPSA) is 72.0 Å². The Morgan fingerprint density at radius 2 is 2.00 bits per heavy atom. The van der Waals surface area contributed by atoms with Gasteiger partial charge in [-0.05, 0) is 5.16 Å². The molecule has 0 saturated carbocycles. The highest BCUT2D eigenvalue weighted by molar-refractivity contribution is 5.50. The Hall–Kier alpha value is -2.10. The highest BCUT2D eigenvalue weighted by Crippen LogP contribution is 2.31. The molecule has 0 unspecified atom stereocenters. The van der Waals surface area contributed by atoms with Crippen molar-refractivity contribution in [3.63, 3.8) is 0 Å². The third-order valence-electron chi connectivity index (χ3n) is 3.20. The minimum atomic E-state index is -4.50. The maximum atomic E-state index is 12.6. The van der Waals surface area contributed by atoms with Gasteiger partial charge in [-0.3, -0.25) is 4.68 Å². The first-order valence-electron chi connectivity index (χ1n) is 6.36. The van der Waals surface area contributed by atoms with E-state index in [2.05, 4.69) is 20.6 Å². The number of aromatic nitrogens is 4. The molecule has 0 bridgehead atoms. The number of hydrogen-bond donors (Lipinski definition) is 1. The summed E-state index contributed by atoms with van der Waals surface area (Å²) in [5, 5.41) is 10.4. The van der Waals surface area contributed by atoms with Crippen LogP contribution in [-0.2, 0) is 13.2 Å². The highest BCUT2D eigenvalue weighted by Gasteiger charge is 2.35. The van der Waals surface area contributed by atoms with Gasteiger partial charge < -0.3 is 14.7 Å². The number of halogens is 3. The monoisotopic (exact) mass is 302 g/mol. The molecule has 0 radical (unpaired) electrons. The molecule has 3 heterocycles. The molecule has 1 fully saturated rings. The van der Waals surface area contributed by atoms with E-state index >= 15 is 0 Å². The molecular weight excluding hydrogens is 289 g/mol. The normalized spacial score (nSPS) is 16.5. The van der Waals surface area contributed by atoms with Crippen LogP contribution in [0.4, 0.5) is 19.1 Å². The van der Waals surface area contributed by atoms with Crippen LogP contribution in [0.25, 0.3) is 11.6 Å². The molecule has 2 aromatic heterocycles. The van der Waals surface area contributed by atoms with Crippen molar-refractivity contribution in [2.24, 2.45) is 7.05 Å². The number of piperazine rings is 1. The lowest BCUT2D eigenvalue weighted by Gasteiger charge is -2.25. The summed E-state index contributed by atoms with van der Waals surface area (Å²) in [5.74, 6) is 0.398. The van der Waals surface area contributed by atoms with Crippen LogP contribution in [0, 0.1) is 0 Å². The first-order chi connectivity index (χ1) is 9.95. The zero-order chi connectivity index (χ0) is 15.0. The molecule has 0 spiro atoms. The molecule has 2 aromatic rings. The van der Waals surface area contributed by atoms with Crippen LogP contribution in [0.15, 0.2) is 10.6 Å². The number of alkyl halides is 3. The molecule has 0 atom stereocenters. The average molecular weight is 302 g/mol. The lowest BCUT2D eigenvalue weighted by molar-refractivity contribution is -0.141. The van der Waals surface area contributed by atoms with Gasteiger partial charge >= 0.3 is 6.18 Å². The number of nitrogens with zero attached hydrogens (tertiary/aromatic N) is 5. The molecular formula is C11H13F3N6O. The molecule has 10 heteroatoms. The fourth-order valence-corrected chi connectivity index (χ4v) is 2.12. The fraction of sp³-hybridized carbons (Fsp3) is 0.545. The maximum Gasteiger partial charge on any atom is 0.435 e. The number of aryl methyl sites for hydroxylation is 1. The Morgan fingerprint density at radius 1 is 1.29 bits per heavy atom. The zero-order valence-electron chi connectivity index (χ0n) is 11.2. The molecule has 1 N–H and O–H groups in total. The Kier molecular flexibility index (Phi) is 3.32. The van der Waals surface area contributed by atoms with Gasteiger partial charge in [0.25, 0.3) is 11.8 Å². The lowest BCUT2D eigenvalue weighted by Crippen LogP contribution is -2.44. The van der Waals surface area contributed by atoms with E-state index in [0.717, 1.165) is 36.9 Å². The van der Waals surface area contributed by atoms with Crippen LogP contribution in [0.3, 0.4) is 0 Å². The predicted molar refractivity (Wildman–Crippen MR) is 66.6 cm³/mol. The van der Waals surface area contributed by atoms with Gasteiger partial charge in [-0.1, -0.05) is 0 Å². The summed E-state index contributed by atoms with van der Waals surface area (Å²) < 4.78 is 44.0. The van der Waals surface area contributed by atoms with Crippen LogP contribution in [0.5, 0.6) is 0 Å². The Bertz CT molecular complexity index is 628. The van der Waals surface area contributed by atoms with E-state index in [1.165, 1.54) is 7.05 Å². The standard InChI is InChI=1S/C11H13F3N6O/c1-19-7(6-8(17-19)11(12,13)14)9-16-10(18-21-9)20-4-2-15-3-5-20/h6,15H,2-5H2,1H3. The van der Waals surface area contributed by atoms with Crippen molar-refractivity contribution in [2.45, 2.75) is 6.18 Å². The van der Waals surface area contributed by atoms with Gasteiger partial charge in [0.15, 0.2) is 5.69 Å². The molecule has 0 aromatic carbocycles. The molecule has 21 heavy (non-hydrogen) atoms. The Labute approximate surface area is 117 Å². The fourth-order valence-electron chi connectivity index (χ4n) is 2.12. The van der Waals surface area contributed by atoms with Crippen LogP contribution in [0.2, 0.25) is 0 Å². The van der Waals surface area contributed by atoms with Crippen molar-refractivity contribution < 1.29 is 17.7 Å². The summed E-state index contributed by atoms with van der Waals surface area (Å²) in [7, 11) is 1.40. The molecule has 1 aliphatic rings. The van der Waals surface area contributed by atoms with Crippen molar-refractivity contribution in [1.82, 2.24) is 25.2 Å². The van der Waals surface area contributed by atoms with Gasteiger partial charge in [-0.25, -0.2) is 0 Å². The van der Waals surface area contributed by atoms with Crippen molar-refractivity contribution in [3.8, 4) is 11.6 Å². The number of rotatable bonds is 2. The summed E-state index contributed by atoms with van der Waals surface area (Å²) in [6, 6.07) is 0.898. The average Bonchev–Trinajstić information content (AvgIpc) is 3.05. The van der Waals surface area contributed by atoms with Gasteiger partial charge in [-0.2, -0.15) is 23.3 Å². The van der Waals surface area contributed by atoms with E-state index in [4.69, 9.17) is 4.52 Å². The second-order valence-electron chi connectivity index (χ2n) is 4.67. The summed E-state index contributed by atoms with van der Waals surface area (Å²) >= 11 is 0. The summed E-state index contributed by atoms with van der Waals surface area (Å²) in [5.41, 5.74) is -0.849. The summed E-state index contributed by atoms with van der Waals surface area (Å²) in [6.07, 6.45) is -4.50. The molecule has 0 aliphatic carbocycles. The summed E-state index contributed by atoms with van der Waals surface area (Å²) in [6.45, 7) is 3.04. The first kappa shape index (κ1) is 13.9. The van der Waals surface area contributed by atoms with Crippen LogP contribution < -0.4 is 10.2 Å². The third kappa shape index (κ3) is 2.71. The zero-order valence-corrected chi connectivity index (χ0v) is 11.2. The van der Waals surface area contributed by atoms with Crippen LogP contribution in [-0.4, -0.2) is 46.1 Å². The first-order valence-corrected chi connectivity index (χ1v) is 6.36. The molecule has 3 rings (SSSR count). The Balaban J connectivity index is 1.87. The predicted octanol–water partition coefficient (Wildman–Crippen LogP) is 0.898. The summed E-state index contributed by atoms with van der Waals surface area (Å²) in [4.78, 5) is 6.06. The van der Waals surface area contributed by atoms with E-state index in [1.54, 1.807) is 0 Å². The van der Waals surface area contributed by atoms with Crippen molar-refractivity contribution in [1.29, 1.82) is 0 Å². The quantitative estimate of drug-likeness (QED) is 0.888. The van der Waals surface area contributed by atoms with Gasteiger partial charge in [0.05, 0.1) is 0 Å². The largest absolute Gasteiger partial charge is 0.435 e. The highest BCUT2D eigenvalue weighted by atomic mass is 19.4. The number of anilines is 1. The molecule has 114 valence electrons. The van der Waals surface area contributed by atoms with Crippen molar-refractivity contribution >= 4 is 5.95 Å². The van der Waals surface area contributed by atoms with Gasteiger partial charge in [0, 0.05) is 39.3 Å². The maximum absolute atomic E-state index is 12.6. The second-order valence-corrected chi connectivity index (χ2v) is 4.67. The SMILES string of the molecule is Cn1nc(C(F)(F)F)cc1-c1nc(N2CCNCC2)no1. The molecule has 0 amide bonds. The van der Waals surface area contributed by atoms with E-state index in [1.807, 2.05) is 4.90 Å². The van der Waals surface area contributed by atoms with Crippen LogP contribution in [0.1, 0.15) is 5.69 Å². The minimum Gasteiger partial charge on any atom is -0.336 e. The van der Waals surface area contributed by atoms with E-state index in [9.17, 15) is 13.2 Å². The van der Waals surface area contributed by atoms with E-state index in [0.29, 0.717) is 5.95 Å². The number of nitrogens with one attached hydrogen (secondary N) is 1. The van der Waals surface area contributed by atoms with Crippen molar-refractivity contribution in [3.05, 3.63) is 11.8 Å². The minimum absolute atomic E-state index is 0.0223. The van der Waals surface area contributed by atoms with Gasteiger partial charge in [-0.15, -0.1) is 0 Å². The smallest absolute Gasteiger partial charge is 0.336 e. The van der Waals surface area contributed by atoms with Gasteiger partial charge in [0.2, 0.25) is 0 Å². The lowest BCUT2D eigenvalue weighted by atomic mass is 10.3. The number of hydrogen-bond acceptors (Lipinski definition) is 6. The van der Waals surface area contributed by atoms with Crippen LogP contribution >= 0.6 is 0 Å².